The van der Waals surface area contributed by atoms with E-state index in [2.05, 4.69) is 4.89 Å². The van der Waals surface area contributed by atoms with Gasteiger partial charge in [0.2, 0.25) is 0 Å². The zero-order valence-corrected chi connectivity index (χ0v) is 6.33. The minimum atomic E-state index is -0.608. The summed E-state index contributed by atoms with van der Waals surface area (Å²) in [5.74, 6) is -0.608. The van der Waals surface area contributed by atoms with Crippen molar-refractivity contribution in [2.45, 2.75) is 13.8 Å². The summed E-state index contributed by atoms with van der Waals surface area (Å²) >= 11 is 0. The highest BCUT2D eigenvalue weighted by Gasteiger charge is 2.06. The molecule has 0 aromatic heterocycles. The summed E-state index contributed by atoms with van der Waals surface area (Å²) in [5.41, 5.74) is 0. The van der Waals surface area contributed by atoms with Crippen molar-refractivity contribution in [3.8, 4) is 0 Å². The highest BCUT2D eigenvalue weighted by molar-refractivity contribution is 5.70. The average molecular weight is 147 g/mol. The molecule has 0 spiro atoms. The van der Waals surface area contributed by atoms with Crippen LogP contribution in [0.5, 0.6) is 0 Å². The molecule has 0 fully saturated rings. The van der Waals surface area contributed by atoms with Gasteiger partial charge in [-0.2, -0.15) is 5.26 Å². The van der Waals surface area contributed by atoms with Gasteiger partial charge >= 0.3 is 5.97 Å². The van der Waals surface area contributed by atoms with Gasteiger partial charge in [-0.25, -0.2) is 4.79 Å². The number of carbonyl (C=O) groups excluding carboxylic acids is 1. The van der Waals surface area contributed by atoms with Crippen LogP contribution in [0.2, 0.25) is 0 Å². The van der Waals surface area contributed by atoms with Crippen molar-refractivity contribution in [3.05, 3.63) is 0 Å². The van der Waals surface area contributed by atoms with Gasteiger partial charge in [0.1, 0.15) is 6.54 Å². The number of nitrogens with zero attached hydrogens (tertiary/aromatic N) is 1. The highest BCUT2D eigenvalue weighted by atomic mass is 17.1. The number of carbonyl (C=O) groups is 1. The molecule has 0 saturated carbocycles. The smallest absolute Gasteiger partial charge is 0.300 e. The molecular weight excluding hydrogens is 134 g/mol. The minimum absolute atomic E-state index is 0.156. The third kappa shape index (κ3) is 3.42. The van der Waals surface area contributed by atoms with Gasteiger partial charge in [0.15, 0.2) is 0 Å². The summed E-state index contributed by atoms with van der Waals surface area (Å²) in [5, 5.41) is 7.90. The normalized spacial score (nSPS) is 10.0. The number of hydrogen-bond donors (Lipinski definition) is 1. The average Bonchev–Trinajstić information content (AvgIpc) is 1.99. The van der Waals surface area contributed by atoms with Crippen LogP contribution in [-0.2, 0) is 9.68 Å². The monoisotopic (exact) mass is 147 g/mol. The third-order valence-electron chi connectivity index (χ3n) is 1.35. The first-order valence-corrected chi connectivity index (χ1v) is 3.31. The lowest BCUT2D eigenvalue weighted by molar-refractivity contribution is -0.235. The fraction of sp³-hybridized carbons (Fsp3) is 0.833. The van der Waals surface area contributed by atoms with Gasteiger partial charge in [0, 0.05) is 0 Å². The molecule has 4 nitrogen and oxygen atoms in total. The Labute approximate surface area is 60.3 Å². The summed E-state index contributed by atoms with van der Waals surface area (Å²) in [6.07, 6.45) is 0. The maximum atomic E-state index is 10.4. The second-order valence-corrected chi connectivity index (χ2v) is 1.92. The molecule has 0 aromatic carbocycles. The summed E-state index contributed by atoms with van der Waals surface area (Å²) in [4.78, 5) is 15.8. The van der Waals surface area contributed by atoms with Crippen LogP contribution >= 0.6 is 0 Å². The Morgan fingerprint density at radius 2 is 2.00 bits per heavy atom. The lowest BCUT2D eigenvalue weighted by Crippen LogP contribution is -2.30. The molecule has 0 bridgehead atoms. The van der Waals surface area contributed by atoms with E-state index in [9.17, 15) is 4.79 Å². The van der Waals surface area contributed by atoms with Crippen molar-refractivity contribution in [1.29, 1.82) is 0 Å². The summed E-state index contributed by atoms with van der Waals surface area (Å²) in [6, 6.07) is 0. The molecule has 1 N–H and O–H groups in total. The first-order valence-electron chi connectivity index (χ1n) is 3.31. The summed E-state index contributed by atoms with van der Waals surface area (Å²) in [7, 11) is 0. The summed E-state index contributed by atoms with van der Waals surface area (Å²) in [6.45, 7) is 5.60. The molecule has 0 unspecified atom stereocenters. The number of hydrogen-bond acceptors (Lipinski definition) is 4. The Balaban J connectivity index is 3.52. The van der Waals surface area contributed by atoms with Crippen LogP contribution in [0, 0.1) is 0 Å². The number of likely N-dealkylation sites (N-methyl/N-ethyl adjacent to an activating group) is 1. The van der Waals surface area contributed by atoms with Crippen LogP contribution in [0.15, 0.2) is 0 Å². The van der Waals surface area contributed by atoms with Gasteiger partial charge in [-0.15, -0.1) is 0 Å². The Morgan fingerprint density at radius 1 is 1.50 bits per heavy atom. The molecule has 0 radical (unpaired) electrons. The molecule has 10 heavy (non-hydrogen) atoms. The predicted molar refractivity (Wildman–Crippen MR) is 36.5 cm³/mol. The molecular formula is C6H13NO3. The van der Waals surface area contributed by atoms with E-state index >= 15 is 0 Å². The molecule has 0 heterocycles. The largest absolute Gasteiger partial charge is 0.355 e. The molecule has 0 aliphatic rings. The molecule has 0 aliphatic heterocycles. The van der Waals surface area contributed by atoms with Crippen LogP contribution in [-0.4, -0.2) is 35.8 Å². The molecule has 0 amide bonds. The van der Waals surface area contributed by atoms with E-state index in [4.69, 9.17) is 5.26 Å². The van der Waals surface area contributed by atoms with Gasteiger partial charge in [-0.1, -0.05) is 13.8 Å². The highest BCUT2D eigenvalue weighted by Crippen LogP contribution is 1.86. The predicted octanol–water partition coefficient (Wildman–Crippen LogP) is 0.344. The standard InChI is InChI=1S/C6H13NO3/c1-3-7(4-2)5-6(8)10-9/h9H,3-5H2,1-2H3. The van der Waals surface area contributed by atoms with Crippen molar-refractivity contribution in [2.75, 3.05) is 19.6 Å². The van der Waals surface area contributed by atoms with Gasteiger partial charge < -0.3 is 0 Å². The van der Waals surface area contributed by atoms with E-state index in [0.29, 0.717) is 0 Å². The van der Waals surface area contributed by atoms with Crippen LogP contribution in [0.4, 0.5) is 0 Å². The van der Waals surface area contributed by atoms with Crippen LogP contribution in [0.1, 0.15) is 13.8 Å². The molecule has 4 heteroatoms. The Bertz CT molecular complexity index is 101. The van der Waals surface area contributed by atoms with Crippen molar-refractivity contribution < 1.29 is 14.9 Å². The SMILES string of the molecule is CCN(CC)CC(=O)OO. The van der Waals surface area contributed by atoms with Crippen LogP contribution in [0.25, 0.3) is 0 Å². The van der Waals surface area contributed by atoms with Gasteiger partial charge in [0.25, 0.3) is 0 Å². The van der Waals surface area contributed by atoms with E-state index in [0.717, 1.165) is 13.1 Å². The van der Waals surface area contributed by atoms with Gasteiger partial charge in [0.05, 0.1) is 0 Å². The fourth-order valence-electron chi connectivity index (χ4n) is 0.659. The Morgan fingerprint density at radius 3 is 2.30 bits per heavy atom. The molecule has 0 atom stereocenters. The first-order chi connectivity index (χ1) is 4.74. The number of rotatable bonds is 4. The van der Waals surface area contributed by atoms with E-state index in [1.54, 1.807) is 0 Å². The lowest BCUT2D eigenvalue weighted by atomic mass is 10.5. The van der Waals surface area contributed by atoms with Crippen molar-refractivity contribution in [2.24, 2.45) is 0 Å². The maximum absolute atomic E-state index is 10.4. The van der Waals surface area contributed by atoms with Crippen LogP contribution in [0.3, 0.4) is 0 Å². The second-order valence-electron chi connectivity index (χ2n) is 1.92. The molecule has 0 aliphatic carbocycles. The Hall–Kier alpha value is -0.610. The molecule has 0 rings (SSSR count). The van der Waals surface area contributed by atoms with Gasteiger partial charge in [-0.05, 0) is 13.1 Å². The van der Waals surface area contributed by atoms with E-state index < -0.39 is 5.97 Å². The molecule has 60 valence electrons. The second kappa shape index (κ2) is 5.20. The first kappa shape index (κ1) is 9.39. The fourth-order valence-corrected chi connectivity index (χ4v) is 0.659. The third-order valence-corrected chi connectivity index (χ3v) is 1.35. The maximum Gasteiger partial charge on any atom is 0.355 e. The van der Waals surface area contributed by atoms with Crippen LogP contribution < -0.4 is 0 Å². The summed E-state index contributed by atoms with van der Waals surface area (Å²) < 4.78 is 0. The van der Waals surface area contributed by atoms with Crippen molar-refractivity contribution >= 4 is 5.97 Å². The van der Waals surface area contributed by atoms with Crippen molar-refractivity contribution in [3.63, 3.8) is 0 Å². The van der Waals surface area contributed by atoms with Gasteiger partial charge in [-0.3, -0.25) is 9.79 Å². The molecule has 0 aromatic rings. The Kier molecular flexibility index (Phi) is 4.88. The van der Waals surface area contributed by atoms with E-state index in [1.165, 1.54) is 0 Å². The van der Waals surface area contributed by atoms with E-state index in [-0.39, 0.29) is 6.54 Å². The van der Waals surface area contributed by atoms with E-state index in [1.807, 2.05) is 18.7 Å². The zero-order chi connectivity index (χ0) is 7.98. The zero-order valence-electron chi connectivity index (χ0n) is 6.33. The molecule has 0 saturated heterocycles. The lowest BCUT2D eigenvalue weighted by Gasteiger charge is -2.14. The minimum Gasteiger partial charge on any atom is -0.300 e. The topological polar surface area (TPSA) is 49.8 Å². The van der Waals surface area contributed by atoms with Crippen molar-refractivity contribution in [1.82, 2.24) is 4.90 Å². The quantitative estimate of drug-likeness (QED) is 0.460.